The molecule has 0 fully saturated rings. The summed E-state index contributed by atoms with van der Waals surface area (Å²) < 4.78 is 40.5. The van der Waals surface area contributed by atoms with Crippen molar-refractivity contribution >= 4 is 15.7 Å². The molecule has 5 nitrogen and oxygen atoms in total. The molecule has 1 heterocycles. The second-order valence-corrected chi connectivity index (χ2v) is 6.20. The van der Waals surface area contributed by atoms with E-state index in [9.17, 15) is 12.8 Å². The molecule has 2 aromatic rings. The Kier molecular flexibility index (Phi) is 4.54. The van der Waals surface area contributed by atoms with E-state index in [0.717, 1.165) is 0 Å². The number of hydrogen-bond donors (Lipinski definition) is 2. The molecule has 2 rings (SSSR count). The summed E-state index contributed by atoms with van der Waals surface area (Å²) in [6, 6.07) is 6.83. The van der Waals surface area contributed by atoms with E-state index in [1.54, 1.807) is 32.2 Å². The summed E-state index contributed by atoms with van der Waals surface area (Å²) in [6.07, 6.45) is 2.77. The van der Waals surface area contributed by atoms with Crippen LogP contribution < -0.4 is 10.0 Å². The summed E-state index contributed by atoms with van der Waals surface area (Å²) in [7, 11) is -2.13. The van der Waals surface area contributed by atoms with Gasteiger partial charge < -0.3 is 5.32 Å². The SMILES string of the molecule is CNc1ccncc1S(=O)(=O)NC(C)c1cccc(F)c1. The summed E-state index contributed by atoms with van der Waals surface area (Å²) in [5.74, 6) is -0.407. The Morgan fingerprint density at radius 2 is 2.05 bits per heavy atom. The van der Waals surface area contributed by atoms with E-state index in [-0.39, 0.29) is 4.90 Å². The van der Waals surface area contributed by atoms with Gasteiger partial charge in [-0.2, -0.15) is 0 Å². The minimum atomic E-state index is -3.76. The van der Waals surface area contributed by atoms with Gasteiger partial charge in [0, 0.05) is 25.5 Å². The van der Waals surface area contributed by atoms with Crippen LogP contribution in [0.4, 0.5) is 10.1 Å². The summed E-state index contributed by atoms with van der Waals surface area (Å²) in [5.41, 5.74) is 0.998. The van der Waals surface area contributed by atoms with Crippen LogP contribution in [0.25, 0.3) is 0 Å². The number of rotatable bonds is 5. The first kappa shape index (κ1) is 15.4. The second kappa shape index (κ2) is 6.19. The molecule has 0 saturated carbocycles. The zero-order valence-corrected chi connectivity index (χ0v) is 12.5. The summed E-state index contributed by atoms with van der Waals surface area (Å²) in [6.45, 7) is 1.65. The van der Waals surface area contributed by atoms with Crippen LogP contribution in [0.3, 0.4) is 0 Å². The molecule has 112 valence electrons. The van der Waals surface area contributed by atoms with Crippen molar-refractivity contribution < 1.29 is 12.8 Å². The molecule has 1 unspecified atom stereocenters. The molecule has 0 saturated heterocycles. The Morgan fingerprint density at radius 1 is 1.29 bits per heavy atom. The van der Waals surface area contributed by atoms with Crippen molar-refractivity contribution in [2.24, 2.45) is 0 Å². The molecule has 0 aliphatic carbocycles. The molecule has 0 radical (unpaired) electrons. The highest BCUT2D eigenvalue weighted by molar-refractivity contribution is 7.89. The molecule has 0 aliphatic rings. The molecule has 1 aromatic heterocycles. The van der Waals surface area contributed by atoms with Crippen molar-refractivity contribution in [3.8, 4) is 0 Å². The number of hydrogen-bond acceptors (Lipinski definition) is 4. The Hall–Kier alpha value is -1.99. The fourth-order valence-electron chi connectivity index (χ4n) is 1.94. The molecule has 1 aromatic carbocycles. The Bertz CT molecular complexity index is 735. The van der Waals surface area contributed by atoms with E-state index in [1.807, 2.05) is 0 Å². The predicted octanol–water partition coefficient (Wildman–Crippen LogP) is 2.30. The highest BCUT2D eigenvalue weighted by atomic mass is 32.2. The molecule has 0 aliphatic heterocycles. The van der Waals surface area contributed by atoms with Crippen molar-refractivity contribution in [3.63, 3.8) is 0 Å². The fourth-order valence-corrected chi connectivity index (χ4v) is 3.33. The van der Waals surface area contributed by atoms with Gasteiger partial charge in [-0.1, -0.05) is 12.1 Å². The maximum atomic E-state index is 13.2. The standard InChI is InChI=1S/C14H16FN3O2S/c1-10(11-4-3-5-12(15)8-11)18-21(19,20)14-9-17-7-6-13(14)16-2/h3-10,18H,1-2H3,(H,16,17). The van der Waals surface area contributed by atoms with Gasteiger partial charge in [0.1, 0.15) is 10.7 Å². The van der Waals surface area contributed by atoms with E-state index >= 15 is 0 Å². The van der Waals surface area contributed by atoms with Crippen LogP contribution in [0.5, 0.6) is 0 Å². The van der Waals surface area contributed by atoms with Gasteiger partial charge in [0.25, 0.3) is 0 Å². The largest absolute Gasteiger partial charge is 0.387 e. The van der Waals surface area contributed by atoms with Gasteiger partial charge >= 0.3 is 0 Å². The van der Waals surface area contributed by atoms with Gasteiger partial charge in [-0.25, -0.2) is 17.5 Å². The number of benzene rings is 1. The number of nitrogens with one attached hydrogen (secondary N) is 2. The van der Waals surface area contributed by atoms with Crippen LogP contribution in [-0.2, 0) is 10.0 Å². The van der Waals surface area contributed by atoms with E-state index < -0.39 is 21.9 Å². The highest BCUT2D eigenvalue weighted by Gasteiger charge is 2.21. The quantitative estimate of drug-likeness (QED) is 0.889. The zero-order valence-electron chi connectivity index (χ0n) is 11.7. The first-order valence-corrected chi connectivity index (χ1v) is 7.82. The first-order chi connectivity index (χ1) is 9.94. The lowest BCUT2D eigenvalue weighted by Crippen LogP contribution is -2.27. The Balaban J connectivity index is 2.29. The number of sulfonamides is 1. The molecule has 0 spiro atoms. The van der Waals surface area contributed by atoms with Crippen LogP contribution in [0.2, 0.25) is 0 Å². The summed E-state index contributed by atoms with van der Waals surface area (Å²) in [4.78, 5) is 3.89. The molecule has 7 heteroatoms. The maximum Gasteiger partial charge on any atom is 0.244 e. The van der Waals surface area contributed by atoms with E-state index in [0.29, 0.717) is 11.3 Å². The minimum absolute atomic E-state index is 0.0516. The number of anilines is 1. The molecule has 0 bridgehead atoms. The lowest BCUT2D eigenvalue weighted by molar-refractivity contribution is 0.564. The van der Waals surface area contributed by atoms with Gasteiger partial charge in [-0.3, -0.25) is 4.98 Å². The third-order valence-electron chi connectivity index (χ3n) is 3.02. The van der Waals surface area contributed by atoms with Crippen molar-refractivity contribution in [1.82, 2.24) is 9.71 Å². The highest BCUT2D eigenvalue weighted by Crippen LogP contribution is 2.22. The van der Waals surface area contributed by atoms with Gasteiger partial charge in [-0.15, -0.1) is 0 Å². The van der Waals surface area contributed by atoms with Crippen molar-refractivity contribution in [3.05, 3.63) is 54.1 Å². The van der Waals surface area contributed by atoms with Gasteiger partial charge in [0.2, 0.25) is 10.0 Å². The maximum absolute atomic E-state index is 13.2. The predicted molar refractivity (Wildman–Crippen MR) is 78.9 cm³/mol. The second-order valence-electron chi connectivity index (χ2n) is 4.52. The third kappa shape index (κ3) is 3.56. The topological polar surface area (TPSA) is 71.1 Å². The van der Waals surface area contributed by atoms with Crippen LogP contribution >= 0.6 is 0 Å². The van der Waals surface area contributed by atoms with Crippen LogP contribution in [0.1, 0.15) is 18.5 Å². The lowest BCUT2D eigenvalue weighted by atomic mass is 10.1. The van der Waals surface area contributed by atoms with Crippen molar-refractivity contribution in [2.45, 2.75) is 17.9 Å². The van der Waals surface area contributed by atoms with Crippen molar-refractivity contribution in [1.29, 1.82) is 0 Å². The summed E-state index contributed by atoms with van der Waals surface area (Å²) in [5, 5.41) is 2.80. The fraction of sp³-hybridized carbons (Fsp3) is 0.214. The number of halogens is 1. The Labute approximate surface area is 123 Å². The van der Waals surface area contributed by atoms with Crippen LogP contribution in [0, 0.1) is 5.82 Å². The normalized spacial score (nSPS) is 12.9. The monoisotopic (exact) mass is 309 g/mol. The molecule has 0 amide bonds. The number of pyridine rings is 1. The molecule has 1 atom stereocenters. The van der Waals surface area contributed by atoms with Crippen molar-refractivity contribution in [2.75, 3.05) is 12.4 Å². The smallest absolute Gasteiger partial charge is 0.244 e. The van der Waals surface area contributed by atoms with E-state index in [1.165, 1.54) is 24.5 Å². The van der Waals surface area contributed by atoms with E-state index in [4.69, 9.17) is 0 Å². The average Bonchev–Trinajstić information content (AvgIpc) is 2.46. The molecule has 21 heavy (non-hydrogen) atoms. The summed E-state index contributed by atoms with van der Waals surface area (Å²) >= 11 is 0. The molecule has 2 N–H and O–H groups in total. The first-order valence-electron chi connectivity index (χ1n) is 6.33. The van der Waals surface area contributed by atoms with E-state index in [2.05, 4.69) is 15.0 Å². The van der Waals surface area contributed by atoms with Gasteiger partial charge in [0.05, 0.1) is 5.69 Å². The molecular formula is C14H16FN3O2S. The number of aromatic nitrogens is 1. The lowest BCUT2D eigenvalue weighted by Gasteiger charge is -2.16. The van der Waals surface area contributed by atoms with Crippen LogP contribution in [0.15, 0.2) is 47.6 Å². The zero-order chi connectivity index (χ0) is 15.5. The average molecular weight is 309 g/mol. The van der Waals surface area contributed by atoms with Gasteiger partial charge in [-0.05, 0) is 30.7 Å². The third-order valence-corrected chi connectivity index (χ3v) is 4.59. The molecular weight excluding hydrogens is 293 g/mol. The van der Waals surface area contributed by atoms with Crippen LogP contribution in [-0.4, -0.2) is 20.4 Å². The number of nitrogens with zero attached hydrogens (tertiary/aromatic N) is 1. The minimum Gasteiger partial charge on any atom is -0.387 e. The Morgan fingerprint density at radius 3 is 2.71 bits per heavy atom. The van der Waals surface area contributed by atoms with Gasteiger partial charge in [0.15, 0.2) is 0 Å².